The summed E-state index contributed by atoms with van der Waals surface area (Å²) in [6.45, 7) is 3.77. The van der Waals surface area contributed by atoms with Crippen LogP contribution in [-0.4, -0.2) is 56.0 Å². The molecule has 0 radical (unpaired) electrons. The van der Waals surface area contributed by atoms with Gasteiger partial charge in [0.1, 0.15) is 0 Å². The molecule has 0 spiro atoms. The van der Waals surface area contributed by atoms with Crippen molar-refractivity contribution in [3.8, 4) is 0 Å². The van der Waals surface area contributed by atoms with Crippen LogP contribution in [0.3, 0.4) is 0 Å². The smallest absolute Gasteiger partial charge is 0.234 e. The summed E-state index contributed by atoms with van der Waals surface area (Å²) in [5.41, 5.74) is 5.18. The Morgan fingerprint density at radius 2 is 1.85 bits per heavy atom. The molecule has 0 saturated carbocycles. The molecule has 0 heterocycles. The van der Waals surface area contributed by atoms with E-state index in [1.54, 1.807) is 0 Å². The zero-order valence-corrected chi connectivity index (χ0v) is 9.08. The summed E-state index contributed by atoms with van der Waals surface area (Å²) in [6.07, 6.45) is 1.06. The molecule has 0 aliphatic heterocycles. The van der Waals surface area contributed by atoms with E-state index >= 15 is 0 Å². The first-order chi connectivity index (χ1) is 5.95. The Balaban J connectivity index is 3.61. The van der Waals surface area contributed by atoms with Gasteiger partial charge in [-0.1, -0.05) is 0 Å². The summed E-state index contributed by atoms with van der Waals surface area (Å²) >= 11 is 0. The maximum atomic E-state index is 10.8. The second kappa shape index (κ2) is 5.94. The lowest BCUT2D eigenvalue weighted by atomic mass is 10.2. The fourth-order valence-electron chi connectivity index (χ4n) is 1.05. The van der Waals surface area contributed by atoms with Crippen molar-refractivity contribution in [1.82, 2.24) is 9.80 Å². The summed E-state index contributed by atoms with van der Waals surface area (Å²) < 4.78 is 0. The third-order valence-electron chi connectivity index (χ3n) is 2.19. The number of carbonyl (C=O) groups is 1. The van der Waals surface area contributed by atoms with Crippen molar-refractivity contribution in [2.45, 2.75) is 19.4 Å². The van der Waals surface area contributed by atoms with E-state index in [1.165, 1.54) is 0 Å². The zero-order valence-electron chi connectivity index (χ0n) is 9.08. The Bertz CT molecular complexity index is 159. The molecule has 1 amide bonds. The minimum absolute atomic E-state index is 0.165. The summed E-state index contributed by atoms with van der Waals surface area (Å²) in [6, 6.07) is -0.165. The molecule has 0 fully saturated rings. The topological polar surface area (TPSA) is 49.6 Å². The predicted molar refractivity (Wildman–Crippen MR) is 54.5 cm³/mol. The highest BCUT2D eigenvalue weighted by molar-refractivity contribution is 5.79. The van der Waals surface area contributed by atoms with Crippen LogP contribution in [0.2, 0.25) is 0 Å². The highest BCUT2D eigenvalue weighted by atomic mass is 16.1. The van der Waals surface area contributed by atoms with E-state index < -0.39 is 0 Å². The molecule has 4 nitrogen and oxygen atoms in total. The van der Waals surface area contributed by atoms with Crippen LogP contribution in [0.1, 0.15) is 13.3 Å². The number of hydrogen-bond acceptors (Lipinski definition) is 3. The van der Waals surface area contributed by atoms with Crippen LogP contribution in [0.4, 0.5) is 0 Å². The summed E-state index contributed by atoms with van der Waals surface area (Å²) in [5.74, 6) is -0.257. The van der Waals surface area contributed by atoms with Gasteiger partial charge in [-0.05, 0) is 47.6 Å². The van der Waals surface area contributed by atoms with Crippen molar-refractivity contribution in [1.29, 1.82) is 0 Å². The molecular weight excluding hydrogens is 166 g/mol. The monoisotopic (exact) mass is 187 g/mol. The van der Waals surface area contributed by atoms with Crippen molar-refractivity contribution in [3.63, 3.8) is 0 Å². The Morgan fingerprint density at radius 1 is 1.31 bits per heavy atom. The van der Waals surface area contributed by atoms with Crippen LogP contribution in [0.25, 0.3) is 0 Å². The van der Waals surface area contributed by atoms with Gasteiger partial charge in [0, 0.05) is 0 Å². The van der Waals surface area contributed by atoms with E-state index in [1.807, 2.05) is 33.0 Å². The Hall–Kier alpha value is -0.610. The highest BCUT2D eigenvalue weighted by Crippen LogP contribution is 1.96. The van der Waals surface area contributed by atoms with Crippen molar-refractivity contribution in [3.05, 3.63) is 0 Å². The van der Waals surface area contributed by atoms with Gasteiger partial charge < -0.3 is 10.6 Å². The number of hydrogen-bond donors (Lipinski definition) is 1. The molecule has 1 unspecified atom stereocenters. The second-order valence-electron chi connectivity index (χ2n) is 3.72. The van der Waals surface area contributed by atoms with Gasteiger partial charge in [-0.3, -0.25) is 9.69 Å². The van der Waals surface area contributed by atoms with Crippen LogP contribution in [0.5, 0.6) is 0 Å². The van der Waals surface area contributed by atoms with Crippen LogP contribution < -0.4 is 5.73 Å². The molecule has 4 heteroatoms. The number of likely N-dealkylation sites (N-methyl/N-ethyl adjacent to an activating group) is 1. The van der Waals surface area contributed by atoms with E-state index in [0.29, 0.717) is 0 Å². The van der Waals surface area contributed by atoms with E-state index in [9.17, 15) is 4.79 Å². The fourth-order valence-corrected chi connectivity index (χ4v) is 1.05. The highest BCUT2D eigenvalue weighted by Gasteiger charge is 2.13. The molecule has 0 saturated heterocycles. The number of amides is 1. The number of nitrogens with two attached hydrogens (primary N) is 1. The van der Waals surface area contributed by atoms with Gasteiger partial charge in [-0.2, -0.15) is 0 Å². The van der Waals surface area contributed by atoms with Gasteiger partial charge in [-0.15, -0.1) is 0 Å². The number of primary amides is 1. The molecule has 0 aliphatic rings. The number of carbonyl (C=O) groups excluding carboxylic acids is 1. The average molecular weight is 187 g/mol. The lowest BCUT2D eigenvalue weighted by Gasteiger charge is -2.22. The number of rotatable bonds is 6. The first-order valence-electron chi connectivity index (χ1n) is 4.59. The van der Waals surface area contributed by atoms with E-state index in [4.69, 9.17) is 5.73 Å². The standard InChI is InChI=1S/C9H21N3O/c1-8(9(10)13)12(4)7-5-6-11(2)3/h8H,5-7H2,1-4H3,(H2,10,13). The summed E-state index contributed by atoms with van der Waals surface area (Å²) in [4.78, 5) is 14.9. The SMILES string of the molecule is CC(C(N)=O)N(C)CCCN(C)C. The van der Waals surface area contributed by atoms with Crippen LogP contribution >= 0.6 is 0 Å². The lowest BCUT2D eigenvalue weighted by molar-refractivity contribution is -0.122. The third kappa shape index (κ3) is 5.60. The molecule has 0 aliphatic carbocycles. The van der Waals surface area contributed by atoms with E-state index in [0.717, 1.165) is 19.5 Å². The van der Waals surface area contributed by atoms with E-state index in [-0.39, 0.29) is 11.9 Å². The summed E-state index contributed by atoms with van der Waals surface area (Å²) in [7, 11) is 6.00. The Kier molecular flexibility index (Phi) is 5.66. The average Bonchev–Trinajstić information content (AvgIpc) is 2.02. The molecule has 1 atom stereocenters. The quantitative estimate of drug-likeness (QED) is 0.623. The third-order valence-corrected chi connectivity index (χ3v) is 2.19. The Labute approximate surface area is 80.7 Å². The molecule has 13 heavy (non-hydrogen) atoms. The Morgan fingerprint density at radius 3 is 2.23 bits per heavy atom. The fraction of sp³-hybridized carbons (Fsp3) is 0.889. The first kappa shape index (κ1) is 12.4. The summed E-state index contributed by atoms with van der Waals surface area (Å²) in [5, 5.41) is 0. The second-order valence-corrected chi connectivity index (χ2v) is 3.72. The molecule has 0 aromatic carbocycles. The maximum Gasteiger partial charge on any atom is 0.234 e. The molecule has 0 bridgehead atoms. The van der Waals surface area contributed by atoms with E-state index in [2.05, 4.69) is 4.90 Å². The maximum absolute atomic E-state index is 10.8. The molecule has 0 aromatic heterocycles. The zero-order chi connectivity index (χ0) is 10.4. The number of nitrogens with zero attached hydrogens (tertiary/aromatic N) is 2. The van der Waals surface area contributed by atoms with Gasteiger partial charge in [-0.25, -0.2) is 0 Å². The molecule has 0 aromatic rings. The van der Waals surface area contributed by atoms with Crippen LogP contribution in [0, 0.1) is 0 Å². The molecular formula is C9H21N3O. The van der Waals surface area contributed by atoms with Crippen molar-refractivity contribution < 1.29 is 4.79 Å². The first-order valence-corrected chi connectivity index (χ1v) is 4.59. The molecule has 0 rings (SSSR count). The van der Waals surface area contributed by atoms with Gasteiger partial charge in [0.2, 0.25) is 5.91 Å². The molecule has 78 valence electrons. The molecule has 2 N–H and O–H groups in total. The van der Waals surface area contributed by atoms with Crippen molar-refractivity contribution in [2.24, 2.45) is 5.73 Å². The normalized spacial score (nSPS) is 13.7. The van der Waals surface area contributed by atoms with Crippen molar-refractivity contribution in [2.75, 3.05) is 34.2 Å². The van der Waals surface area contributed by atoms with Gasteiger partial charge >= 0.3 is 0 Å². The van der Waals surface area contributed by atoms with Crippen LogP contribution in [0.15, 0.2) is 0 Å². The van der Waals surface area contributed by atoms with Gasteiger partial charge in [0.15, 0.2) is 0 Å². The van der Waals surface area contributed by atoms with Crippen molar-refractivity contribution >= 4 is 5.91 Å². The minimum atomic E-state index is -0.257. The predicted octanol–water partition coefficient (Wildman–Crippen LogP) is -0.256. The lowest BCUT2D eigenvalue weighted by Crippen LogP contribution is -2.41. The van der Waals surface area contributed by atoms with Gasteiger partial charge in [0.05, 0.1) is 6.04 Å². The largest absolute Gasteiger partial charge is 0.368 e. The minimum Gasteiger partial charge on any atom is -0.368 e. The van der Waals surface area contributed by atoms with Gasteiger partial charge in [0.25, 0.3) is 0 Å². The van der Waals surface area contributed by atoms with Crippen LogP contribution in [-0.2, 0) is 4.79 Å².